The maximum atomic E-state index is 10.9. The van der Waals surface area contributed by atoms with Crippen LogP contribution in [0.15, 0.2) is 24.3 Å². The minimum Gasteiger partial charge on any atom is -0.491 e. The summed E-state index contributed by atoms with van der Waals surface area (Å²) in [6.07, 6.45) is 1.77. The van der Waals surface area contributed by atoms with Crippen molar-refractivity contribution in [1.29, 1.82) is 0 Å². The Kier molecular flexibility index (Phi) is 6.29. The van der Waals surface area contributed by atoms with Gasteiger partial charge >= 0.3 is 0 Å². The minimum atomic E-state index is -3.43. The first kappa shape index (κ1) is 16.8. The van der Waals surface area contributed by atoms with Gasteiger partial charge in [-0.3, -0.25) is 4.18 Å². The molecule has 0 radical (unpaired) electrons. The number of rotatable bonds is 8. The highest BCUT2D eigenvalue weighted by Crippen LogP contribution is 2.20. The van der Waals surface area contributed by atoms with Gasteiger partial charge in [-0.2, -0.15) is 8.42 Å². The molecule has 5 nitrogen and oxygen atoms in total. The summed E-state index contributed by atoms with van der Waals surface area (Å²) in [5.74, 6) is 1.43. The summed E-state index contributed by atoms with van der Waals surface area (Å²) in [6.45, 7) is 5.80. The van der Waals surface area contributed by atoms with Crippen LogP contribution in [-0.2, 0) is 14.3 Å². The molecule has 0 saturated carbocycles. The van der Waals surface area contributed by atoms with Crippen molar-refractivity contribution in [3.05, 3.63) is 24.3 Å². The van der Waals surface area contributed by atoms with E-state index in [-0.39, 0.29) is 18.8 Å². The fourth-order valence-corrected chi connectivity index (χ4v) is 1.84. The summed E-state index contributed by atoms with van der Waals surface area (Å²) in [5.41, 5.74) is 0. The van der Waals surface area contributed by atoms with Crippen LogP contribution >= 0.6 is 0 Å². The first-order valence-electron chi connectivity index (χ1n) is 6.58. The van der Waals surface area contributed by atoms with Crippen molar-refractivity contribution in [2.45, 2.75) is 39.4 Å². The van der Waals surface area contributed by atoms with E-state index in [1.54, 1.807) is 19.1 Å². The normalized spacial score (nSPS) is 14.6. The Balaban J connectivity index is 2.48. The second kappa shape index (κ2) is 7.50. The predicted octanol–water partition coefficient (Wildman–Crippen LogP) is 2.61. The molecule has 1 aromatic rings. The third-order valence-corrected chi connectivity index (χ3v) is 3.15. The number of ether oxygens (including phenoxy) is 2. The van der Waals surface area contributed by atoms with E-state index in [0.29, 0.717) is 5.75 Å². The largest absolute Gasteiger partial charge is 0.491 e. The molecule has 0 bridgehead atoms. The van der Waals surface area contributed by atoms with Crippen molar-refractivity contribution < 1.29 is 22.1 Å². The highest BCUT2D eigenvalue weighted by molar-refractivity contribution is 7.85. The summed E-state index contributed by atoms with van der Waals surface area (Å²) in [4.78, 5) is 0. The van der Waals surface area contributed by atoms with Crippen molar-refractivity contribution in [2.24, 2.45) is 0 Å². The standard InChI is InChI=1S/C14H22O5S/c1-5-11(2)18-13-6-8-14(9-7-13)19-12(3)10-17-20(4,15)16/h6-9,11-12H,5,10H2,1-4H3. The van der Waals surface area contributed by atoms with E-state index >= 15 is 0 Å². The van der Waals surface area contributed by atoms with Crippen LogP contribution in [0.4, 0.5) is 0 Å². The molecule has 0 aliphatic rings. The van der Waals surface area contributed by atoms with Gasteiger partial charge in [-0.05, 0) is 44.5 Å². The summed E-state index contributed by atoms with van der Waals surface area (Å²) >= 11 is 0. The number of hydrogen-bond donors (Lipinski definition) is 0. The molecule has 0 aromatic heterocycles. The van der Waals surface area contributed by atoms with E-state index < -0.39 is 10.1 Å². The molecule has 0 saturated heterocycles. The van der Waals surface area contributed by atoms with Crippen LogP contribution in [0.3, 0.4) is 0 Å². The number of benzene rings is 1. The minimum absolute atomic E-state index is 0.00997. The van der Waals surface area contributed by atoms with Crippen molar-refractivity contribution in [1.82, 2.24) is 0 Å². The van der Waals surface area contributed by atoms with Crippen LogP contribution in [0, 0.1) is 0 Å². The molecule has 6 heteroatoms. The lowest BCUT2D eigenvalue weighted by atomic mass is 10.3. The Morgan fingerprint density at radius 3 is 1.85 bits per heavy atom. The zero-order valence-electron chi connectivity index (χ0n) is 12.3. The van der Waals surface area contributed by atoms with Gasteiger partial charge in [-0.1, -0.05) is 6.92 Å². The maximum Gasteiger partial charge on any atom is 0.264 e. The number of hydrogen-bond acceptors (Lipinski definition) is 5. The molecular weight excluding hydrogens is 280 g/mol. The van der Waals surface area contributed by atoms with Gasteiger partial charge in [0.25, 0.3) is 10.1 Å². The molecule has 2 atom stereocenters. The van der Waals surface area contributed by atoms with Gasteiger partial charge in [0.2, 0.25) is 0 Å². The molecule has 1 rings (SSSR count). The average molecular weight is 302 g/mol. The Morgan fingerprint density at radius 1 is 1.00 bits per heavy atom. The maximum absolute atomic E-state index is 10.9. The van der Waals surface area contributed by atoms with E-state index in [4.69, 9.17) is 9.47 Å². The van der Waals surface area contributed by atoms with Crippen LogP contribution in [0.5, 0.6) is 11.5 Å². The molecule has 0 aliphatic heterocycles. The lowest BCUT2D eigenvalue weighted by molar-refractivity contribution is 0.147. The third-order valence-electron chi connectivity index (χ3n) is 2.59. The molecule has 20 heavy (non-hydrogen) atoms. The van der Waals surface area contributed by atoms with E-state index in [0.717, 1.165) is 18.4 Å². The molecule has 0 spiro atoms. The molecule has 0 amide bonds. The van der Waals surface area contributed by atoms with Crippen molar-refractivity contribution in [3.63, 3.8) is 0 Å². The molecule has 0 heterocycles. The van der Waals surface area contributed by atoms with Gasteiger partial charge in [0.1, 0.15) is 24.2 Å². The van der Waals surface area contributed by atoms with Crippen LogP contribution in [0.2, 0.25) is 0 Å². The lowest BCUT2D eigenvalue weighted by Gasteiger charge is -2.16. The Morgan fingerprint density at radius 2 is 1.45 bits per heavy atom. The van der Waals surface area contributed by atoms with Gasteiger partial charge in [-0.15, -0.1) is 0 Å². The SMILES string of the molecule is CCC(C)Oc1ccc(OC(C)COS(C)(=O)=O)cc1. The monoisotopic (exact) mass is 302 g/mol. The second-order valence-electron chi connectivity index (χ2n) is 4.73. The molecule has 114 valence electrons. The van der Waals surface area contributed by atoms with Gasteiger partial charge in [0.05, 0.1) is 12.4 Å². The van der Waals surface area contributed by atoms with Gasteiger partial charge < -0.3 is 9.47 Å². The molecule has 2 unspecified atom stereocenters. The van der Waals surface area contributed by atoms with Crippen LogP contribution in [-0.4, -0.2) is 33.5 Å². The van der Waals surface area contributed by atoms with Gasteiger partial charge in [-0.25, -0.2) is 0 Å². The zero-order valence-corrected chi connectivity index (χ0v) is 13.1. The summed E-state index contributed by atoms with van der Waals surface area (Å²) in [7, 11) is -3.43. The highest BCUT2D eigenvalue weighted by atomic mass is 32.2. The van der Waals surface area contributed by atoms with E-state index in [1.807, 2.05) is 19.1 Å². The van der Waals surface area contributed by atoms with Gasteiger partial charge in [0.15, 0.2) is 0 Å². The first-order chi connectivity index (χ1) is 9.30. The topological polar surface area (TPSA) is 61.8 Å². The molecule has 1 aromatic carbocycles. The quantitative estimate of drug-likeness (QED) is 0.691. The lowest BCUT2D eigenvalue weighted by Crippen LogP contribution is -2.21. The van der Waals surface area contributed by atoms with E-state index in [1.165, 1.54) is 0 Å². The summed E-state index contributed by atoms with van der Waals surface area (Å²) < 4.78 is 37.6. The first-order valence-corrected chi connectivity index (χ1v) is 8.39. The molecule has 0 fully saturated rings. The Labute approximate surface area is 121 Å². The summed E-state index contributed by atoms with van der Waals surface area (Å²) in [5, 5.41) is 0. The molecule has 0 N–H and O–H groups in total. The van der Waals surface area contributed by atoms with E-state index in [9.17, 15) is 8.42 Å². The van der Waals surface area contributed by atoms with E-state index in [2.05, 4.69) is 11.1 Å². The van der Waals surface area contributed by atoms with Crippen LogP contribution in [0.25, 0.3) is 0 Å². The zero-order chi connectivity index (χ0) is 15.2. The Bertz CT molecular complexity index is 495. The summed E-state index contributed by atoms with van der Waals surface area (Å²) in [6, 6.07) is 7.22. The van der Waals surface area contributed by atoms with Crippen molar-refractivity contribution in [3.8, 4) is 11.5 Å². The fraction of sp³-hybridized carbons (Fsp3) is 0.571. The van der Waals surface area contributed by atoms with Crippen LogP contribution in [0.1, 0.15) is 27.2 Å². The van der Waals surface area contributed by atoms with Crippen molar-refractivity contribution in [2.75, 3.05) is 12.9 Å². The smallest absolute Gasteiger partial charge is 0.264 e. The highest BCUT2D eigenvalue weighted by Gasteiger charge is 2.09. The molecule has 0 aliphatic carbocycles. The third kappa shape index (κ3) is 6.77. The molecular formula is C14H22O5S. The second-order valence-corrected chi connectivity index (χ2v) is 6.37. The predicted molar refractivity (Wildman–Crippen MR) is 77.7 cm³/mol. The van der Waals surface area contributed by atoms with Crippen molar-refractivity contribution >= 4 is 10.1 Å². The van der Waals surface area contributed by atoms with Gasteiger partial charge in [0, 0.05) is 0 Å². The Hall–Kier alpha value is -1.27. The van der Waals surface area contributed by atoms with Crippen LogP contribution < -0.4 is 9.47 Å². The average Bonchev–Trinajstić information content (AvgIpc) is 2.38. The fourth-order valence-electron chi connectivity index (χ4n) is 1.40.